The van der Waals surface area contributed by atoms with Crippen LogP contribution in [-0.4, -0.2) is 16.7 Å². The number of aromatic nitrogens is 2. The van der Waals surface area contributed by atoms with Crippen LogP contribution in [0.1, 0.15) is 36.5 Å². The highest BCUT2D eigenvalue weighted by Crippen LogP contribution is 2.21. The third kappa shape index (κ3) is 4.02. The third-order valence-electron chi connectivity index (χ3n) is 3.56. The Morgan fingerprint density at radius 1 is 1.24 bits per heavy atom. The van der Waals surface area contributed by atoms with E-state index in [4.69, 9.17) is 0 Å². The van der Waals surface area contributed by atoms with Gasteiger partial charge in [-0.2, -0.15) is 5.10 Å². The van der Waals surface area contributed by atoms with E-state index in [1.54, 1.807) is 0 Å². The minimum atomic E-state index is -0.118. The van der Waals surface area contributed by atoms with Gasteiger partial charge in [-0.05, 0) is 38.4 Å². The van der Waals surface area contributed by atoms with Gasteiger partial charge in [-0.25, -0.2) is 5.10 Å². The summed E-state index contributed by atoms with van der Waals surface area (Å²) in [6, 6.07) is 8.13. The maximum Gasteiger partial charge on any atom is 0.268 e. The Kier molecular flexibility index (Phi) is 5.28. The zero-order valence-electron chi connectivity index (χ0n) is 13.0. The largest absolute Gasteiger partial charge is 0.312 e. The summed E-state index contributed by atoms with van der Waals surface area (Å²) < 4.78 is 0. The van der Waals surface area contributed by atoms with Crippen molar-refractivity contribution >= 4 is 0 Å². The molecule has 4 nitrogen and oxygen atoms in total. The third-order valence-corrected chi connectivity index (χ3v) is 3.56. The second kappa shape index (κ2) is 7.18. The van der Waals surface area contributed by atoms with E-state index in [1.165, 1.54) is 11.1 Å². The average molecular weight is 285 g/mol. The van der Waals surface area contributed by atoms with Gasteiger partial charge in [0.05, 0.1) is 5.69 Å². The zero-order chi connectivity index (χ0) is 15.2. The Bertz CT molecular complexity index is 661. The highest BCUT2D eigenvalue weighted by atomic mass is 16.1. The number of unbranched alkanes of at least 4 members (excludes halogenated alkanes) is 1. The molecule has 0 radical (unpaired) electrons. The van der Waals surface area contributed by atoms with Gasteiger partial charge >= 0.3 is 0 Å². The number of H-pyrrole nitrogens is 1. The number of nitrogens with one attached hydrogen (secondary N) is 2. The highest BCUT2D eigenvalue weighted by molar-refractivity contribution is 5.63. The van der Waals surface area contributed by atoms with Crippen LogP contribution in [0.15, 0.2) is 29.1 Å². The Morgan fingerprint density at radius 2 is 2.05 bits per heavy atom. The Morgan fingerprint density at radius 3 is 2.76 bits per heavy atom. The number of aromatic amines is 1. The maximum atomic E-state index is 11.8. The predicted molar refractivity (Wildman–Crippen MR) is 86.4 cm³/mol. The van der Waals surface area contributed by atoms with Crippen LogP contribution >= 0.6 is 0 Å². The van der Waals surface area contributed by atoms with E-state index in [0.29, 0.717) is 6.54 Å². The Labute approximate surface area is 125 Å². The number of hydrogen-bond donors (Lipinski definition) is 2. The molecule has 0 atom stereocenters. The molecule has 0 saturated heterocycles. The van der Waals surface area contributed by atoms with Crippen LogP contribution in [0.4, 0.5) is 0 Å². The molecule has 0 aliphatic heterocycles. The van der Waals surface area contributed by atoms with E-state index in [0.717, 1.165) is 36.2 Å². The van der Waals surface area contributed by atoms with Crippen LogP contribution in [0.25, 0.3) is 11.3 Å². The lowest BCUT2D eigenvalue weighted by Gasteiger charge is -2.08. The molecule has 21 heavy (non-hydrogen) atoms. The summed E-state index contributed by atoms with van der Waals surface area (Å²) in [5, 5.41) is 10.1. The van der Waals surface area contributed by atoms with Crippen molar-refractivity contribution in [1.29, 1.82) is 0 Å². The van der Waals surface area contributed by atoms with Gasteiger partial charge in [0.1, 0.15) is 0 Å². The first-order valence-corrected chi connectivity index (χ1v) is 7.48. The lowest BCUT2D eigenvalue weighted by atomic mass is 10.0. The van der Waals surface area contributed by atoms with Gasteiger partial charge in [-0.15, -0.1) is 0 Å². The molecule has 4 heteroatoms. The first kappa shape index (κ1) is 15.4. The molecule has 2 aromatic rings. The molecule has 0 aliphatic carbocycles. The molecule has 0 amide bonds. The van der Waals surface area contributed by atoms with Crippen molar-refractivity contribution in [2.75, 3.05) is 6.54 Å². The number of nitrogens with zero attached hydrogens (tertiary/aromatic N) is 1. The van der Waals surface area contributed by atoms with Crippen molar-refractivity contribution < 1.29 is 0 Å². The molecule has 0 saturated carbocycles. The standard InChI is InChI=1S/C17H23N3O/c1-4-5-8-18-11-14-10-16(19-20-17(14)21)15-7-6-12(2)9-13(15)3/h6-7,9-10,18H,4-5,8,11H2,1-3H3,(H,20,21). The highest BCUT2D eigenvalue weighted by Gasteiger charge is 2.07. The number of rotatable bonds is 6. The Balaban J connectivity index is 2.23. The molecule has 2 rings (SSSR count). The molecule has 1 heterocycles. The number of hydrogen-bond acceptors (Lipinski definition) is 3. The molecular formula is C17H23N3O. The van der Waals surface area contributed by atoms with Gasteiger partial charge in [0.15, 0.2) is 0 Å². The fourth-order valence-electron chi connectivity index (χ4n) is 2.34. The van der Waals surface area contributed by atoms with Crippen LogP contribution in [0.3, 0.4) is 0 Å². The van der Waals surface area contributed by atoms with Crippen molar-refractivity contribution in [2.45, 2.75) is 40.2 Å². The first-order chi connectivity index (χ1) is 10.1. The molecule has 112 valence electrons. The summed E-state index contributed by atoms with van der Waals surface area (Å²) in [6.07, 6.45) is 2.26. The van der Waals surface area contributed by atoms with Gasteiger partial charge in [0.2, 0.25) is 0 Å². The van der Waals surface area contributed by atoms with E-state index in [9.17, 15) is 4.79 Å². The molecule has 0 spiro atoms. The molecular weight excluding hydrogens is 262 g/mol. The molecule has 1 aromatic heterocycles. The van der Waals surface area contributed by atoms with Crippen molar-refractivity contribution in [3.63, 3.8) is 0 Å². The van der Waals surface area contributed by atoms with Crippen molar-refractivity contribution in [3.8, 4) is 11.3 Å². The van der Waals surface area contributed by atoms with Gasteiger partial charge in [-0.1, -0.05) is 37.1 Å². The van der Waals surface area contributed by atoms with Gasteiger partial charge in [-0.3, -0.25) is 4.79 Å². The van der Waals surface area contributed by atoms with Crippen LogP contribution in [0.5, 0.6) is 0 Å². The minimum Gasteiger partial charge on any atom is -0.312 e. The van der Waals surface area contributed by atoms with E-state index in [2.05, 4.69) is 54.5 Å². The predicted octanol–water partition coefficient (Wildman–Crippen LogP) is 2.94. The summed E-state index contributed by atoms with van der Waals surface area (Å²) in [4.78, 5) is 11.8. The minimum absolute atomic E-state index is 0.118. The van der Waals surface area contributed by atoms with Crippen LogP contribution in [0.2, 0.25) is 0 Å². The molecule has 2 N–H and O–H groups in total. The summed E-state index contributed by atoms with van der Waals surface area (Å²) in [7, 11) is 0. The van der Waals surface area contributed by atoms with Crippen molar-refractivity contribution in [3.05, 3.63) is 51.3 Å². The molecule has 0 unspecified atom stereocenters. The summed E-state index contributed by atoms with van der Waals surface area (Å²) in [6.45, 7) is 7.79. The van der Waals surface area contributed by atoms with Gasteiger partial charge < -0.3 is 5.32 Å². The fraction of sp³-hybridized carbons (Fsp3) is 0.412. The Hall–Kier alpha value is -1.94. The summed E-state index contributed by atoms with van der Waals surface area (Å²) in [5.74, 6) is 0. The van der Waals surface area contributed by atoms with E-state index in [-0.39, 0.29) is 5.56 Å². The second-order valence-corrected chi connectivity index (χ2v) is 5.46. The quantitative estimate of drug-likeness (QED) is 0.802. The van der Waals surface area contributed by atoms with Crippen molar-refractivity contribution in [2.24, 2.45) is 0 Å². The maximum absolute atomic E-state index is 11.8. The first-order valence-electron chi connectivity index (χ1n) is 7.48. The fourth-order valence-corrected chi connectivity index (χ4v) is 2.34. The topological polar surface area (TPSA) is 57.8 Å². The lowest BCUT2D eigenvalue weighted by molar-refractivity contribution is 0.636. The summed E-state index contributed by atoms with van der Waals surface area (Å²) in [5.41, 5.74) is 4.89. The summed E-state index contributed by atoms with van der Waals surface area (Å²) >= 11 is 0. The SMILES string of the molecule is CCCCNCc1cc(-c2ccc(C)cc2C)n[nH]c1=O. The molecule has 0 aliphatic rings. The van der Waals surface area contributed by atoms with E-state index in [1.807, 2.05) is 6.07 Å². The van der Waals surface area contributed by atoms with Gasteiger partial charge in [0, 0.05) is 17.7 Å². The van der Waals surface area contributed by atoms with Crippen molar-refractivity contribution in [1.82, 2.24) is 15.5 Å². The monoisotopic (exact) mass is 285 g/mol. The lowest BCUT2D eigenvalue weighted by Crippen LogP contribution is -2.22. The van der Waals surface area contributed by atoms with Gasteiger partial charge in [0.25, 0.3) is 5.56 Å². The molecule has 0 bridgehead atoms. The van der Waals surface area contributed by atoms with Crippen LogP contribution in [-0.2, 0) is 6.54 Å². The normalized spacial score (nSPS) is 10.8. The number of aryl methyl sites for hydroxylation is 2. The number of benzene rings is 1. The van der Waals surface area contributed by atoms with Crippen LogP contribution < -0.4 is 10.9 Å². The zero-order valence-corrected chi connectivity index (χ0v) is 13.0. The average Bonchev–Trinajstić information content (AvgIpc) is 2.46. The second-order valence-electron chi connectivity index (χ2n) is 5.46. The van der Waals surface area contributed by atoms with E-state index < -0.39 is 0 Å². The van der Waals surface area contributed by atoms with Crippen LogP contribution in [0, 0.1) is 13.8 Å². The molecule has 0 fully saturated rings. The molecule has 1 aromatic carbocycles. The smallest absolute Gasteiger partial charge is 0.268 e. The van der Waals surface area contributed by atoms with E-state index >= 15 is 0 Å².